The molecule has 0 radical (unpaired) electrons. The SMILES string of the molecule is O=C(Nc1ccccc1F)N1CCC2(CC1)CC(N1CCOCC1)CCO2. The maximum absolute atomic E-state index is 13.8. The van der Waals surface area contributed by atoms with E-state index in [0.29, 0.717) is 19.1 Å². The molecular weight excluding hydrogens is 349 g/mol. The third kappa shape index (κ3) is 4.25. The summed E-state index contributed by atoms with van der Waals surface area (Å²) in [5.41, 5.74) is 0.0970. The summed E-state index contributed by atoms with van der Waals surface area (Å²) in [7, 11) is 0. The van der Waals surface area contributed by atoms with Gasteiger partial charge in [0.15, 0.2) is 0 Å². The molecule has 3 aliphatic heterocycles. The first-order valence-electron chi connectivity index (χ1n) is 9.91. The summed E-state index contributed by atoms with van der Waals surface area (Å²) < 4.78 is 25.4. The highest BCUT2D eigenvalue weighted by Gasteiger charge is 2.42. The molecule has 148 valence electrons. The van der Waals surface area contributed by atoms with Crippen molar-refractivity contribution in [3.05, 3.63) is 30.1 Å². The molecule has 2 amide bonds. The van der Waals surface area contributed by atoms with Gasteiger partial charge in [0.05, 0.1) is 24.5 Å². The quantitative estimate of drug-likeness (QED) is 0.861. The first-order valence-corrected chi connectivity index (χ1v) is 9.91. The summed E-state index contributed by atoms with van der Waals surface area (Å²) in [5, 5.41) is 2.68. The zero-order chi connectivity index (χ0) is 18.7. The van der Waals surface area contributed by atoms with Gasteiger partial charge < -0.3 is 19.7 Å². The number of benzene rings is 1. The second kappa shape index (κ2) is 8.12. The van der Waals surface area contributed by atoms with Crippen molar-refractivity contribution in [1.82, 2.24) is 9.80 Å². The molecule has 4 rings (SSSR count). The molecular formula is C20H28FN3O3. The molecule has 0 aliphatic carbocycles. The van der Waals surface area contributed by atoms with Crippen LogP contribution in [0.3, 0.4) is 0 Å². The number of piperidine rings is 1. The number of carbonyl (C=O) groups is 1. The summed E-state index contributed by atoms with van der Waals surface area (Å²) in [5.74, 6) is -0.414. The van der Waals surface area contributed by atoms with Crippen LogP contribution in [0.5, 0.6) is 0 Å². The van der Waals surface area contributed by atoms with Gasteiger partial charge in [-0.3, -0.25) is 4.90 Å². The lowest BCUT2D eigenvalue weighted by Gasteiger charge is -2.48. The third-order valence-corrected chi connectivity index (χ3v) is 6.11. The predicted molar refractivity (Wildman–Crippen MR) is 100 cm³/mol. The Bertz CT molecular complexity index is 658. The number of amides is 2. The van der Waals surface area contributed by atoms with Crippen LogP contribution in [0.2, 0.25) is 0 Å². The van der Waals surface area contributed by atoms with E-state index in [1.54, 1.807) is 23.1 Å². The summed E-state index contributed by atoms with van der Waals surface area (Å²) in [4.78, 5) is 16.8. The highest BCUT2D eigenvalue weighted by Crippen LogP contribution is 2.37. The Labute approximate surface area is 159 Å². The second-order valence-electron chi connectivity index (χ2n) is 7.72. The molecule has 1 N–H and O–H groups in total. The summed E-state index contributed by atoms with van der Waals surface area (Å²) in [6, 6.07) is 6.56. The third-order valence-electron chi connectivity index (χ3n) is 6.11. The first kappa shape index (κ1) is 18.7. The number of ether oxygens (including phenoxy) is 2. The van der Waals surface area contributed by atoms with Crippen LogP contribution in [0.15, 0.2) is 24.3 Å². The average Bonchev–Trinajstić information content (AvgIpc) is 2.71. The van der Waals surface area contributed by atoms with E-state index >= 15 is 0 Å². The van der Waals surface area contributed by atoms with E-state index < -0.39 is 5.82 Å². The van der Waals surface area contributed by atoms with Crippen LogP contribution in [0, 0.1) is 5.82 Å². The van der Waals surface area contributed by atoms with E-state index in [1.807, 2.05) is 0 Å². The van der Waals surface area contributed by atoms with Crippen molar-refractivity contribution in [3.63, 3.8) is 0 Å². The van der Waals surface area contributed by atoms with Crippen molar-refractivity contribution >= 4 is 11.7 Å². The van der Waals surface area contributed by atoms with Gasteiger partial charge in [0, 0.05) is 38.8 Å². The van der Waals surface area contributed by atoms with E-state index in [9.17, 15) is 9.18 Å². The van der Waals surface area contributed by atoms with Gasteiger partial charge >= 0.3 is 6.03 Å². The standard InChI is InChI=1S/C20H28FN3O3/c21-17-3-1-2-4-18(17)22-19(25)24-8-6-20(7-9-24)15-16(5-12-27-20)23-10-13-26-14-11-23/h1-4,16H,5-15H2,(H,22,25). The van der Waals surface area contributed by atoms with Crippen LogP contribution in [0.4, 0.5) is 14.9 Å². The zero-order valence-corrected chi connectivity index (χ0v) is 15.7. The highest BCUT2D eigenvalue weighted by molar-refractivity contribution is 5.89. The molecule has 3 aliphatic rings. The van der Waals surface area contributed by atoms with Gasteiger partial charge in [0.25, 0.3) is 0 Å². The van der Waals surface area contributed by atoms with Gasteiger partial charge in [-0.2, -0.15) is 0 Å². The smallest absolute Gasteiger partial charge is 0.321 e. The minimum atomic E-state index is -0.414. The molecule has 7 heteroatoms. The Morgan fingerprint density at radius 3 is 2.59 bits per heavy atom. The number of anilines is 1. The number of hydrogen-bond donors (Lipinski definition) is 1. The molecule has 3 saturated heterocycles. The van der Waals surface area contributed by atoms with Gasteiger partial charge in [-0.05, 0) is 37.8 Å². The Hall–Kier alpha value is -1.70. The molecule has 1 spiro atoms. The van der Waals surface area contributed by atoms with Crippen LogP contribution >= 0.6 is 0 Å². The summed E-state index contributed by atoms with van der Waals surface area (Å²) in [6.07, 6.45) is 3.76. The Balaban J connectivity index is 1.32. The Morgan fingerprint density at radius 2 is 1.85 bits per heavy atom. The minimum absolute atomic E-state index is 0.129. The van der Waals surface area contributed by atoms with E-state index in [-0.39, 0.29) is 17.3 Å². The molecule has 3 heterocycles. The number of nitrogens with zero attached hydrogens (tertiary/aromatic N) is 2. The molecule has 0 aromatic heterocycles. The number of carbonyl (C=O) groups excluding carboxylic acids is 1. The lowest BCUT2D eigenvalue weighted by molar-refractivity contribution is -0.135. The van der Waals surface area contributed by atoms with Crippen LogP contribution in [0.1, 0.15) is 25.7 Å². The first-order chi connectivity index (χ1) is 13.2. The van der Waals surface area contributed by atoms with E-state index in [2.05, 4.69) is 10.2 Å². The van der Waals surface area contributed by atoms with Crippen LogP contribution < -0.4 is 5.32 Å². The van der Waals surface area contributed by atoms with Crippen LogP contribution in [-0.2, 0) is 9.47 Å². The fourth-order valence-electron chi connectivity index (χ4n) is 4.48. The number of rotatable bonds is 2. The highest BCUT2D eigenvalue weighted by atomic mass is 19.1. The molecule has 3 fully saturated rings. The average molecular weight is 377 g/mol. The maximum atomic E-state index is 13.8. The zero-order valence-electron chi connectivity index (χ0n) is 15.7. The maximum Gasteiger partial charge on any atom is 0.321 e. The Morgan fingerprint density at radius 1 is 1.11 bits per heavy atom. The molecule has 0 bridgehead atoms. The van der Waals surface area contributed by atoms with Crippen molar-refractivity contribution in [2.24, 2.45) is 0 Å². The number of urea groups is 1. The largest absolute Gasteiger partial charge is 0.379 e. The minimum Gasteiger partial charge on any atom is -0.379 e. The van der Waals surface area contributed by atoms with Gasteiger partial charge in [0.2, 0.25) is 0 Å². The molecule has 1 unspecified atom stereocenters. The van der Waals surface area contributed by atoms with Gasteiger partial charge in [-0.15, -0.1) is 0 Å². The van der Waals surface area contributed by atoms with E-state index in [0.717, 1.165) is 58.6 Å². The number of halogens is 1. The number of hydrogen-bond acceptors (Lipinski definition) is 4. The van der Waals surface area contributed by atoms with Gasteiger partial charge in [-0.1, -0.05) is 12.1 Å². The number of para-hydroxylation sites is 1. The molecule has 1 aromatic rings. The van der Waals surface area contributed by atoms with E-state index in [4.69, 9.17) is 9.47 Å². The topological polar surface area (TPSA) is 54.0 Å². The monoisotopic (exact) mass is 377 g/mol. The van der Waals surface area contributed by atoms with Crippen molar-refractivity contribution in [3.8, 4) is 0 Å². The van der Waals surface area contributed by atoms with Gasteiger partial charge in [-0.25, -0.2) is 9.18 Å². The fourth-order valence-corrected chi connectivity index (χ4v) is 4.48. The van der Waals surface area contributed by atoms with Crippen LogP contribution in [-0.4, -0.2) is 73.5 Å². The lowest BCUT2D eigenvalue weighted by atomic mass is 9.82. The molecule has 1 atom stereocenters. The molecule has 6 nitrogen and oxygen atoms in total. The van der Waals surface area contributed by atoms with Gasteiger partial charge in [0.1, 0.15) is 5.82 Å². The number of morpholine rings is 1. The van der Waals surface area contributed by atoms with E-state index in [1.165, 1.54) is 6.07 Å². The van der Waals surface area contributed by atoms with Crippen LogP contribution in [0.25, 0.3) is 0 Å². The molecule has 1 aromatic carbocycles. The molecule has 27 heavy (non-hydrogen) atoms. The normalized spacial score (nSPS) is 26.1. The summed E-state index contributed by atoms with van der Waals surface area (Å²) in [6.45, 7) is 5.67. The lowest BCUT2D eigenvalue weighted by Crippen LogP contribution is -2.56. The fraction of sp³-hybridized carbons (Fsp3) is 0.650. The Kier molecular flexibility index (Phi) is 5.61. The second-order valence-corrected chi connectivity index (χ2v) is 7.72. The van der Waals surface area contributed by atoms with Crippen molar-refractivity contribution in [1.29, 1.82) is 0 Å². The number of nitrogens with one attached hydrogen (secondary N) is 1. The number of likely N-dealkylation sites (tertiary alicyclic amines) is 1. The van der Waals surface area contributed by atoms with Crippen molar-refractivity contribution in [2.75, 3.05) is 51.3 Å². The van der Waals surface area contributed by atoms with Crippen molar-refractivity contribution in [2.45, 2.75) is 37.3 Å². The predicted octanol–water partition coefficient (Wildman–Crippen LogP) is 2.70. The summed E-state index contributed by atoms with van der Waals surface area (Å²) >= 11 is 0. The van der Waals surface area contributed by atoms with Crippen molar-refractivity contribution < 1.29 is 18.7 Å². The molecule has 0 saturated carbocycles.